The minimum atomic E-state index is -1.56. The maximum atomic E-state index is 13.1. The Balaban J connectivity index is 1.38. The van der Waals surface area contributed by atoms with Gasteiger partial charge in [0.1, 0.15) is 12.1 Å². The largest absolute Gasteiger partial charge is 0.479 e. The van der Waals surface area contributed by atoms with Gasteiger partial charge < -0.3 is 15.2 Å². The van der Waals surface area contributed by atoms with Crippen LogP contribution in [0.15, 0.2) is 109 Å². The van der Waals surface area contributed by atoms with E-state index in [1.54, 1.807) is 0 Å². The van der Waals surface area contributed by atoms with E-state index in [4.69, 9.17) is 4.74 Å². The molecule has 0 bridgehead atoms. The number of amides is 1. The molecule has 1 aliphatic rings. The molecule has 4 aromatic rings. The second kappa shape index (κ2) is 10.1. The molecule has 180 valence electrons. The summed E-state index contributed by atoms with van der Waals surface area (Å²) in [6.07, 6.45) is -0.490. The molecule has 0 atom stereocenters. The lowest BCUT2D eigenvalue weighted by Gasteiger charge is -2.31. The van der Waals surface area contributed by atoms with Gasteiger partial charge in [-0.15, -0.1) is 0 Å². The van der Waals surface area contributed by atoms with E-state index in [0.717, 1.165) is 33.4 Å². The van der Waals surface area contributed by atoms with Crippen LogP contribution < -0.4 is 5.32 Å². The Morgan fingerprint density at radius 1 is 0.694 bits per heavy atom. The number of aliphatic carboxylic acids is 1. The Kier molecular flexibility index (Phi) is 6.54. The van der Waals surface area contributed by atoms with E-state index >= 15 is 0 Å². The first-order valence-electron chi connectivity index (χ1n) is 12.0. The number of hydrogen-bond acceptors (Lipinski definition) is 3. The predicted molar refractivity (Wildman–Crippen MR) is 139 cm³/mol. The highest BCUT2D eigenvalue weighted by Gasteiger charge is 2.41. The van der Waals surface area contributed by atoms with E-state index in [2.05, 4.69) is 17.4 Å². The van der Waals surface area contributed by atoms with Crippen molar-refractivity contribution in [2.24, 2.45) is 0 Å². The summed E-state index contributed by atoms with van der Waals surface area (Å²) in [5.41, 5.74) is 4.54. The van der Waals surface area contributed by atoms with Crippen molar-refractivity contribution in [3.63, 3.8) is 0 Å². The first-order chi connectivity index (χ1) is 17.6. The molecule has 5 nitrogen and oxygen atoms in total. The van der Waals surface area contributed by atoms with Gasteiger partial charge in [0.15, 0.2) is 0 Å². The highest BCUT2D eigenvalue weighted by molar-refractivity contribution is 5.85. The number of rotatable bonds is 8. The van der Waals surface area contributed by atoms with Crippen LogP contribution >= 0.6 is 0 Å². The van der Waals surface area contributed by atoms with Crippen molar-refractivity contribution in [3.05, 3.63) is 131 Å². The van der Waals surface area contributed by atoms with E-state index in [9.17, 15) is 14.7 Å². The molecule has 0 radical (unpaired) electrons. The molecule has 0 aliphatic heterocycles. The summed E-state index contributed by atoms with van der Waals surface area (Å²) < 4.78 is 5.71. The van der Waals surface area contributed by atoms with E-state index < -0.39 is 17.6 Å². The second-order valence-electron chi connectivity index (χ2n) is 9.16. The predicted octanol–water partition coefficient (Wildman–Crippen LogP) is 5.83. The van der Waals surface area contributed by atoms with Crippen molar-refractivity contribution >= 4 is 12.1 Å². The summed E-state index contributed by atoms with van der Waals surface area (Å²) >= 11 is 0. The average molecular weight is 478 g/mol. The fraction of sp³-hybridized carbons (Fsp3) is 0.161. The van der Waals surface area contributed by atoms with Crippen LogP contribution in [0.3, 0.4) is 0 Å². The number of alkyl carbamates (subject to hydrolysis) is 1. The van der Waals surface area contributed by atoms with E-state index in [-0.39, 0.29) is 25.4 Å². The summed E-state index contributed by atoms with van der Waals surface area (Å²) in [7, 11) is 0. The minimum Gasteiger partial charge on any atom is -0.479 e. The highest BCUT2D eigenvalue weighted by Crippen LogP contribution is 2.44. The number of fused-ring (bicyclic) bond motifs is 3. The monoisotopic (exact) mass is 477 g/mol. The first kappa shape index (κ1) is 23.4. The number of ether oxygens (including phenoxy) is 1. The van der Waals surface area contributed by atoms with Gasteiger partial charge >= 0.3 is 12.1 Å². The molecule has 2 N–H and O–H groups in total. The first-order valence-corrected chi connectivity index (χ1v) is 12.0. The summed E-state index contributed by atoms with van der Waals surface area (Å²) in [5.74, 6) is -1.21. The zero-order valence-corrected chi connectivity index (χ0v) is 19.8. The zero-order valence-electron chi connectivity index (χ0n) is 19.8. The van der Waals surface area contributed by atoms with Crippen molar-refractivity contribution in [1.82, 2.24) is 5.32 Å². The van der Waals surface area contributed by atoms with Crippen molar-refractivity contribution < 1.29 is 19.4 Å². The van der Waals surface area contributed by atoms with Gasteiger partial charge in [0.25, 0.3) is 0 Å². The average Bonchev–Trinajstić information content (AvgIpc) is 3.22. The topological polar surface area (TPSA) is 75.6 Å². The van der Waals surface area contributed by atoms with Gasteiger partial charge in [0.05, 0.1) is 0 Å². The fourth-order valence-corrected chi connectivity index (χ4v) is 5.07. The number of hydrogen-bond donors (Lipinski definition) is 2. The third kappa shape index (κ3) is 4.73. The van der Waals surface area contributed by atoms with E-state index in [1.165, 1.54) is 0 Å². The third-order valence-electron chi connectivity index (χ3n) is 6.79. The van der Waals surface area contributed by atoms with Crippen LogP contribution in [-0.2, 0) is 22.4 Å². The number of carboxylic acids is 1. The SMILES string of the molecule is O=C(NC(Cc1ccccc1)(Cc1ccccc1)C(=O)O)OCC1c2ccccc2-c2ccccc21. The van der Waals surface area contributed by atoms with Crippen molar-refractivity contribution in [3.8, 4) is 11.1 Å². The molecule has 5 rings (SSSR count). The number of nitrogens with one attached hydrogen (secondary N) is 1. The lowest BCUT2D eigenvalue weighted by molar-refractivity contribution is -0.144. The number of carbonyl (C=O) groups is 2. The molecule has 0 fully saturated rings. The Bertz CT molecular complexity index is 1280. The number of benzene rings is 4. The molecular weight excluding hydrogens is 450 g/mol. The quantitative estimate of drug-likeness (QED) is 0.335. The van der Waals surface area contributed by atoms with Crippen molar-refractivity contribution in [2.75, 3.05) is 6.61 Å². The summed E-state index contributed by atoms with van der Waals surface area (Å²) in [4.78, 5) is 25.8. The van der Waals surface area contributed by atoms with Gasteiger partial charge in [0.2, 0.25) is 0 Å². The molecule has 0 aromatic heterocycles. The molecule has 0 spiro atoms. The summed E-state index contributed by atoms with van der Waals surface area (Å²) in [5, 5.41) is 13.1. The Morgan fingerprint density at radius 2 is 1.14 bits per heavy atom. The summed E-state index contributed by atoms with van der Waals surface area (Å²) in [6.45, 7) is 0.117. The van der Waals surface area contributed by atoms with Crippen LogP contribution in [0.25, 0.3) is 11.1 Å². The maximum Gasteiger partial charge on any atom is 0.408 e. The van der Waals surface area contributed by atoms with Gasteiger partial charge in [-0.2, -0.15) is 0 Å². The Morgan fingerprint density at radius 3 is 1.61 bits per heavy atom. The van der Waals surface area contributed by atoms with E-state index in [0.29, 0.717) is 0 Å². The lowest BCUT2D eigenvalue weighted by Crippen LogP contribution is -2.58. The smallest absolute Gasteiger partial charge is 0.408 e. The van der Waals surface area contributed by atoms with Gasteiger partial charge in [-0.1, -0.05) is 109 Å². The Hall–Kier alpha value is -4.38. The molecule has 5 heteroatoms. The molecule has 0 unspecified atom stereocenters. The maximum absolute atomic E-state index is 13.1. The number of carbonyl (C=O) groups excluding carboxylic acids is 1. The second-order valence-corrected chi connectivity index (χ2v) is 9.16. The molecule has 0 heterocycles. The van der Waals surface area contributed by atoms with Crippen LogP contribution in [0.5, 0.6) is 0 Å². The molecule has 0 saturated carbocycles. The number of carboxylic acid groups (broad SMARTS) is 1. The van der Waals surface area contributed by atoms with Gasteiger partial charge in [-0.25, -0.2) is 9.59 Å². The zero-order chi connectivity index (χ0) is 25.0. The molecular formula is C31H27NO4. The normalized spacial score (nSPS) is 12.4. The van der Waals surface area contributed by atoms with Gasteiger partial charge in [-0.05, 0) is 33.4 Å². The van der Waals surface area contributed by atoms with E-state index in [1.807, 2.05) is 97.1 Å². The van der Waals surface area contributed by atoms with Gasteiger partial charge in [-0.3, -0.25) is 0 Å². The van der Waals surface area contributed by atoms with Crippen LogP contribution in [-0.4, -0.2) is 29.3 Å². The van der Waals surface area contributed by atoms with Crippen LogP contribution in [0.2, 0.25) is 0 Å². The van der Waals surface area contributed by atoms with Crippen LogP contribution in [0.4, 0.5) is 4.79 Å². The van der Waals surface area contributed by atoms with Crippen molar-refractivity contribution in [2.45, 2.75) is 24.3 Å². The highest BCUT2D eigenvalue weighted by atomic mass is 16.5. The standard InChI is InChI=1S/C31H27NO4/c33-29(34)31(19-22-11-3-1-4-12-22,20-23-13-5-2-6-14-23)32-30(35)36-21-28-26-17-9-7-15-24(26)25-16-8-10-18-27(25)28/h1-18,28H,19-21H2,(H,32,35)(H,33,34). The molecule has 1 aliphatic carbocycles. The minimum absolute atomic E-state index is 0.106. The third-order valence-corrected chi connectivity index (χ3v) is 6.79. The summed E-state index contributed by atoms with van der Waals surface area (Å²) in [6, 6.07) is 34.8. The van der Waals surface area contributed by atoms with Crippen molar-refractivity contribution in [1.29, 1.82) is 0 Å². The van der Waals surface area contributed by atoms with Gasteiger partial charge in [0, 0.05) is 18.8 Å². The molecule has 1 amide bonds. The molecule has 4 aromatic carbocycles. The van der Waals surface area contributed by atoms with Crippen LogP contribution in [0.1, 0.15) is 28.2 Å². The fourth-order valence-electron chi connectivity index (χ4n) is 5.07. The Labute approximate surface area is 210 Å². The van der Waals surface area contributed by atoms with Crippen LogP contribution in [0, 0.1) is 0 Å². The molecule has 0 saturated heterocycles. The molecule has 36 heavy (non-hydrogen) atoms. The lowest BCUT2D eigenvalue weighted by atomic mass is 9.84.